The SMILES string of the molecule is Cc1ccc(C(O)c2ccncc2C)cc1Cl. The maximum Gasteiger partial charge on any atom is 0.104 e. The average Bonchev–Trinajstić information content (AvgIpc) is 2.32. The Bertz CT molecular complexity index is 539. The van der Waals surface area contributed by atoms with E-state index in [0.717, 1.165) is 22.3 Å². The molecule has 0 aliphatic heterocycles. The molecule has 2 nitrogen and oxygen atoms in total. The van der Waals surface area contributed by atoms with Gasteiger partial charge < -0.3 is 5.11 Å². The lowest BCUT2D eigenvalue weighted by atomic mass is 9.98. The smallest absolute Gasteiger partial charge is 0.104 e. The van der Waals surface area contributed by atoms with Gasteiger partial charge in [0, 0.05) is 17.4 Å². The van der Waals surface area contributed by atoms with Gasteiger partial charge in [-0.05, 0) is 48.2 Å². The summed E-state index contributed by atoms with van der Waals surface area (Å²) in [5.74, 6) is 0. The second-order valence-corrected chi connectivity index (χ2v) is 4.55. The first kappa shape index (κ1) is 12.1. The molecule has 0 amide bonds. The van der Waals surface area contributed by atoms with E-state index < -0.39 is 6.10 Å². The predicted octanol–water partition coefficient (Wildman–Crippen LogP) is 3.43. The molecular formula is C14H14ClNO. The van der Waals surface area contributed by atoms with E-state index in [4.69, 9.17) is 11.6 Å². The third-order valence-electron chi connectivity index (χ3n) is 2.87. The van der Waals surface area contributed by atoms with Crippen molar-refractivity contribution in [2.45, 2.75) is 20.0 Å². The van der Waals surface area contributed by atoms with Crippen molar-refractivity contribution in [3.8, 4) is 0 Å². The highest BCUT2D eigenvalue weighted by atomic mass is 35.5. The topological polar surface area (TPSA) is 33.1 Å². The Morgan fingerprint density at radius 1 is 1.18 bits per heavy atom. The van der Waals surface area contributed by atoms with Gasteiger partial charge in [0.05, 0.1) is 0 Å². The lowest BCUT2D eigenvalue weighted by molar-refractivity contribution is 0.219. The number of rotatable bonds is 2. The van der Waals surface area contributed by atoms with E-state index in [0.29, 0.717) is 5.02 Å². The van der Waals surface area contributed by atoms with Crippen molar-refractivity contribution in [2.75, 3.05) is 0 Å². The van der Waals surface area contributed by atoms with E-state index in [1.807, 2.05) is 32.0 Å². The molecule has 0 fully saturated rings. The van der Waals surface area contributed by atoms with E-state index in [1.54, 1.807) is 18.5 Å². The van der Waals surface area contributed by atoms with Crippen molar-refractivity contribution in [2.24, 2.45) is 0 Å². The molecule has 2 rings (SSSR count). The molecule has 1 atom stereocenters. The molecule has 2 aromatic rings. The Morgan fingerprint density at radius 3 is 2.59 bits per heavy atom. The lowest BCUT2D eigenvalue weighted by Gasteiger charge is -2.14. The van der Waals surface area contributed by atoms with Gasteiger partial charge in [0.2, 0.25) is 0 Å². The minimum Gasteiger partial charge on any atom is -0.384 e. The quantitative estimate of drug-likeness (QED) is 0.882. The summed E-state index contributed by atoms with van der Waals surface area (Å²) in [7, 11) is 0. The Hall–Kier alpha value is -1.38. The molecule has 88 valence electrons. The van der Waals surface area contributed by atoms with Crippen LogP contribution < -0.4 is 0 Å². The lowest BCUT2D eigenvalue weighted by Crippen LogP contribution is -2.02. The van der Waals surface area contributed by atoms with Crippen molar-refractivity contribution in [1.29, 1.82) is 0 Å². The van der Waals surface area contributed by atoms with Crippen LogP contribution in [0.5, 0.6) is 0 Å². The standard InChI is InChI=1S/C14H14ClNO/c1-9-3-4-11(7-13(9)15)14(17)12-5-6-16-8-10(12)2/h3-8,14,17H,1-2H3. The number of halogens is 1. The second kappa shape index (κ2) is 4.86. The highest BCUT2D eigenvalue weighted by Gasteiger charge is 2.13. The van der Waals surface area contributed by atoms with Crippen LogP contribution in [0.15, 0.2) is 36.7 Å². The van der Waals surface area contributed by atoms with Crippen molar-refractivity contribution >= 4 is 11.6 Å². The second-order valence-electron chi connectivity index (χ2n) is 4.14. The van der Waals surface area contributed by atoms with Crippen LogP contribution >= 0.6 is 11.6 Å². The molecule has 1 N–H and O–H groups in total. The van der Waals surface area contributed by atoms with Crippen LogP contribution in [0.1, 0.15) is 28.4 Å². The van der Waals surface area contributed by atoms with Crippen molar-refractivity contribution < 1.29 is 5.11 Å². The Kier molecular flexibility index (Phi) is 3.46. The molecule has 1 aromatic heterocycles. The zero-order valence-electron chi connectivity index (χ0n) is 9.81. The van der Waals surface area contributed by atoms with E-state index in [-0.39, 0.29) is 0 Å². The molecule has 1 aromatic carbocycles. The highest BCUT2D eigenvalue weighted by Crippen LogP contribution is 2.27. The minimum absolute atomic E-state index is 0.656. The monoisotopic (exact) mass is 247 g/mol. The van der Waals surface area contributed by atoms with E-state index >= 15 is 0 Å². The molecule has 1 unspecified atom stereocenters. The van der Waals surface area contributed by atoms with Crippen molar-refractivity contribution in [1.82, 2.24) is 4.98 Å². The molecule has 0 aliphatic rings. The fourth-order valence-corrected chi connectivity index (χ4v) is 1.94. The fraction of sp³-hybridized carbons (Fsp3) is 0.214. The summed E-state index contributed by atoms with van der Waals surface area (Å²) in [5.41, 5.74) is 3.64. The molecule has 3 heteroatoms. The predicted molar refractivity (Wildman–Crippen MR) is 69.2 cm³/mol. The van der Waals surface area contributed by atoms with Crippen LogP contribution in [0, 0.1) is 13.8 Å². The maximum atomic E-state index is 10.3. The van der Waals surface area contributed by atoms with Gasteiger partial charge in [-0.25, -0.2) is 0 Å². The summed E-state index contributed by atoms with van der Waals surface area (Å²) >= 11 is 6.06. The summed E-state index contributed by atoms with van der Waals surface area (Å²) < 4.78 is 0. The molecule has 1 heterocycles. The number of nitrogens with zero attached hydrogens (tertiary/aromatic N) is 1. The zero-order valence-corrected chi connectivity index (χ0v) is 10.6. The van der Waals surface area contributed by atoms with Gasteiger partial charge in [0.15, 0.2) is 0 Å². The Balaban J connectivity index is 2.40. The minimum atomic E-state index is -0.656. The molecule has 0 spiro atoms. The molecule has 0 radical (unpaired) electrons. The van der Waals surface area contributed by atoms with Gasteiger partial charge in [0.25, 0.3) is 0 Å². The average molecular weight is 248 g/mol. The molecular weight excluding hydrogens is 234 g/mol. The maximum absolute atomic E-state index is 10.3. The zero-order chi connectivity index (χ0) is 12.4. The number of benzene rings is 1. The van der Waals surface area contributed by atoms with Crippen molar-refractivity contribution in [3.63, 3.8) is 0 Å². The van der Waals surface area contributed by atoms with Crippen LogP contribution in [0.25, 0.3) is 0 Å². The van der Waals surface area contributed by atoms with Crippen LogP contribution in [-0.2, 0) is 0 Å². The van der Waals surface area contributed by atoms with E-state index in [9.17, 15) is 5.11 Å². The van der Waals surface area contributed by atoms with E-state index in [1.165, 1.54) is 0 Å². The number of aryl methyl sites for hydroxylation is 2. The summed E-state index contributed by atoms with van der Waals surface area (Å²) in [6.45, 7) is 3.87. The number of hydrogen-bond donors (Lipinski definition) is 1. The van der Waals surface area contributed by atoms with Gasteiger partial charge in [-0.1, -0.05) is 23.7 Å². The summed E-state index contributed by atoms with van der Waals surface area (Å²) in [6.07, 6.45) is 2.77. The Labute approximate surface area is 106 Å². The van der Waals surface area contributed by atoms with Crippen LogP contribution in [0.3, 0.4) is 0 Å². The molecule has 0 saturated carbocycles. The van der Waals surface area contributed by atoms with Crippen molar-refractivity contribution in [3.05, 3.63) is 63.9 Å². The highest BCUT2D eigenvalue weighted by molar-refractivity contribution is 6.31. The Morgan fingerprint density at radius 2 is 1.94 bits per heavy atom. The first-order valence-corrected chi connectivity index (χ1v) is 5.82. The fourth-order valence-electron chi connectivity index (χ4n) is 1.75. The summed E-state index contributed by atoms with van der Waals surface area (Å²) in [6, 6.07) is 7.44. The van der Waals surface area contributed by atoms with Crippen LogP contribution in [0.4, 0.5) is 0 Å². The number of aliphatic hydroxyl groups excluding tert-OH is 1. The summed E-state index contributed by atoms with van der Waals surface area (Å²) in [4.78, 5) is 4.02. The molecule has 0 bridgehead atoms. The van der Waals surface area contributed by atoms with Gasteiger partial charge >= 0.3 is 0 Å². The molecule has 0 aliphatic carbocycles. The normalized spacial score (nSPS) is 12.5. The van der Waals surface area contributed by atoms with Crippen LogP contribution in [-0.4, -0.2) is 10.1 Å². The third-order valence-corrected chi connectivity index (χ3v) is 3.28. The van der Waals surface area contributed by atoms with E-state index in [2.05, 4.69) is 4.98 Å². The third kappa shape index (κ3) is 2.48. The number of hydrogen-bond acceptors (Lipinski definition) is 2. The first-order valence-electron chi connectivity index (χ1n) is 5.44. The number of aromatic nitrogens is 1. The van der Waals surface area contributed by atoms with Gasteiger partial charge in [0.1, 0.15) is 6.10 Å². The molecule has 17 heavy (non-hydrogen) atoms. The van der Waals surface area contributed by atoms with Gasteiger partial charge in [-0.3, -0.25) is 4.98 Å². The largest absolute Gasteiger partial charge is 0.384 e. The summed E-state index contributed by atoms with van der Waals surface area (Å²) in [5, 5.41) is 11.0. The molecule has 0 saturated heterocycles. The number of pyridine rings is 1. The van der Waals surface area contributed by atoms with Crippen LogP contribution in [0.2, 0.25) is 5.02 Å². The first-order chi connectivity index (χ1) is 8.09. The number of aliphatic hydroxyl groups is 1. The van der Waals surface area contributed by atoms with Gasteiger partial charge in [-0.2, -0.15) is 0 Å². The van der Waals surface area contributed by atoms with Gasteiger partial charge in [-0.15, -0.1) is 0 Å².